The van der Waals surface area contributed by atoms with Crippen LogP contribution in [0.25, 0.3) is 0 Å². The first-order valence-corrected chi connectivity index (χ1v) is 2.26. The maximum Gasteiger partial charge on any atom is 0.344 e. The summed E-state index contributed by atoms with van der Waals surface area (Å²) < 4.78 is 15.6. The lowest BCUT2D eigenvalue weighted by atomic mass is 10.3. The second-order valence-electron chi connectivity index (χ2n) is 1.51. The first-order chi connectivity index (χ1) is 4.24. The highest BCUT2D eigenvalue weighted by molar-refractivity contribution is 6.08. The highest BCUT2D eigenvalue weighted by atomic mass is 19.1. The van der Waals surface area contributed by atoms with E-state index in [1.807, 2.05) is 0 Å². The Balaban J connectivity index is 2.80. The largest absolute Gasteiger partial charge is 0.386 e. The van der Waals surface area contributed by atoms with Crippen LogP contribution in [0.2, 0.25) is 0 Å². The Morgan fingerprint density at radius 3 is 2.44 bits per heavy atom. The van der Waals surface area contributed by atoms with Crippen LogP contribution < -0.4 is 0 Å². The zero-order chi connectivity index (χ0) is 6.85. The number of carbonyl (C=O) groups excluding carboxylic acids is 2. The summed E-state index contributed by atoms with van der Waals surface area (Å²) in [6, 6.07) is 0. The third-order valence-corrected chi connectivity index (χ3v) is 0.892. The summed E-state index contributed by atoms with van der Waals surface area (Å²) in [6.07, 6.45) is 0.850. The lowest BCUT2D eigenvalue weighted by molar-refractivity contribution is -0.150. The predicted molar refractivity (Wildman–Crippen MR) is 25.2 cm³/mol. The SMILES string of the molecule is O=C1C=C(CF)C(=O)O1. The number of halogens is 1. The van der Waals surface area contributed by atoms with Gasteiger partial charge in [0.25, 0.3) is 0 Å². The van der Waals surface area contributed by atoms with Crippen molar-refractivity contribution < 1.29 is 18.7 Å². The van der Waals surface area contributed by atoms with Crippen LogP contribution in [-0.2, 0) is 14.3 Å². The van der Waals surface area contributed by atoms with E-state index in [1.54, 1.807) is 0 Å². The van der Waals surface area contributed by atoms with E-state index in [0.29, 0.717) is 0 Å². The van der Waals surface area contributed by atoms with E-state index in [2.05, 4.69) is 4.74 Å². The molecule has 1 heterocycles. The van der Waals surface area contributed by atoms with Gasteiger partial charge >= 0.3 is 11.9 Å². The fourth-order valence-corrected chi connectivity index (χ4v) is 0.481. The van der Waals surface area contributed by atoms with Crippen LogP contribution in [0.15, 0.2) is 11.6 Å². The Hall–Kier alpha value is -1.19. The Morgan fingerprint density at radius 1 is 1.56 bits per heavy atom. The van der Waals surface area contributed by atoms with Gasteiger partial charge in [0, 0.05) is 6.08 Å². The van der Waals surface area contributed by atoms with Gasteiger partial charge in [-0.2, -0.15) is 0 Å². The van der Waals surface area contributed by atoms with Crippen molar-refractivity contribution in [1.82, 2.24) is 0 Å². The number of carbonyl (C=O) groups is 2. The third-order valence-electron chi connectivity index (χ3n) is 0.892. The Labute approximate surface area is 50.1 Å². The van der Waals surface area contributed by atoms with E-state index in [-0.39, 0.29) is 5.57 Å². The number of esters is 2. The molecule has 0 aromatic heterocycles. The Morgan fingerprint density at radius 2 is 2.22 bits per heavy atom. The minimum atomic E-state index is -0.940. The van der Waals surface area contributed by atoms with Gasteiger partial charge < -0.3 is 4.74 Å². The average molecular weight is 130 g/mol. The van der Waals surface area contributed by atoms with Crippen LogP contribution in [0.4, 0.5) is 4.39 Å². The smallest absolute Gasteiger partial charge is 0.344 e. The quantitative estimate of drug-likeness (QED) is 0.369. The van der Waals surface area contributed by atoms with Crippen molar-refractivity contribution in [1.29, 1.82) is 0 Å². The van der Waals surface area contributed by atoms with Gasteiger partial charge in [-0.1, -0.05) is 0 Å². The molecular weight excluding hydrogens is 127 g/mol. The van der Waals surface area contributed by atoms with Crippen molar-refractivity contribution in [2.45, 2.75) is 0 Å². The highest BCUT2D eigenvalue weighted by Crippen LogP contribution is 2.07. The van der Waals surface area contributed by atoms with Gasteiger partial charge in [-0.05, 0) is 0 Å². The highest BCUT2D eigenvalue weighted by Gasteiger charge is 2.22. The number of rotatable bonds is 1. The summed E-state index contributed by atoms with van der Waals surface area (Å²) in [5, 5.41) is 0. The number of alkyl halides is 1. The second-order valence-corrected chi connectivity index (χ2v) is 1.51. The maximum atomic E-state index is 11.6. The molecule has 0 spiro atoms. The van der Waals surface area contributed by atoms with Gasteiger partial charge in [0.15, 0.2) is 0 Å². The predicted octanol–water partition coefficient (Wildman–Crippen LogP) is -0.0343. The van der Waals surface area contributed by atoms with E-state index >= 15 is 0 Å². The molecule has 0 radical (unpaired) electrons. The molecule has 3 nitrogen and oxygen atoms in total. The number of hydrogen-bond acceptors (Lipinski definition) is 3. The molecule has 0 fully saturated rings. The Bertz CT molecular complexity index is 194. The van der Waals surface area contributed by atoms with Gasteiger partial charge in [0.1, 0.15) is 6.67 Å². The van der Waals surface area contributed by atoms with Crippen LogP contribution >= 0.6 is 0 Å². The van der Waals surface area contributed by atoms with Gasteiger partial charge in [-0.25, -0.2) is 14.0 Å². The normalized spacial score (nSPS) is 17.7. The molecule has 4 heteroatoms. The molecule has 1 rings (SSSR count). The van der Waals surface area contributed by atoms with Crippen LogP contribution in [0, 0.1) is 0 Å². The number of hydrogen-bond donors (Lipinski definition) is 0. The third kappa shape index (κ3) is 0.960. The average Bonchev–Trinajstić information content (AvgIpc) is 2.10. The standard InChI is InChI=1S/C5H3FO3/c6-2-3-1-4(7)9-5(3)8/h1H,2H2. The molecule has 0 saturated carbocycles. The maximum absolute atomic E-state index is 11.6. The fourth-order valence-electron chi connectivity index (χ4n) is 0.481. The van der Waals surface area contributed by atoms with Crippen molar-refractivity contribution in [3.8, 4) is 0 Å². The second kappa shape index (κ2) is 1.97. The molecule has 0 unspecified atom stereocenters. The summed E-state index contributed by atoms with van der Waals surface area (Å²) in [4.78, 5) is 20.4. The topological polar surface area (TPSA) is 43.4 Å². The monoisotopic (exact) mass is 130 g/mol. The van der Waals surface area contributed by atoms with Crippen LogP contribution in [0.5, 0.6) is 0 Å². The number of ether oxygens (including phenoxy) is 1. The first kappa shape index (κ1) is 5.94. The van der Waals surface area contributed by atoms with E-state index in [4.69, 9.17) is 0 Å². The molecule has 0 N–H and O–H groups in total. The minimum absolute atomic E-state index is 0.208. The van der Waals surface area contributed by atoms with Crippen LogP contribution in [0.1, 0.15) is 0 Å². The summed E-state index contributed by atoms with van der Waals surface area (Å²) in [7, 11) is 0. The minimum Gasteiger partial charge on any atom is -0.386 e. The molecule has 0 aliphatic carbocycles. The summed E-state index contributed by atoms with van der Waals surface area (Å²) >= 11 is 0. The molecule has 0 bridgehead atoms. The van der Waals surface area contributed by atoms with Crippen LogP contribution in [-0.4, -0.2) is 18.6 Å². The summed E-state index contributed by atoms with van der Waals surface area (Å²) in [6.45, 7) is -0.940. The lowest BCUT2D eigenvalue weighted by Gasteiger charge is -1.86. The molecule has 0 atom stereocenters. The van der Waals surface area contributed by atoms with Crippen molar-refractivity contribution >= 4 is 11.9 Å². The van der Waals surface area contributed by atoms with E-state index in [1.165, 1.54) is 0 Å². The fraction of sp³-hybridized carbons (Fsp3) is 0.200. The Kier molecular flexibility index (Phi) is 1.30. The number of cyclic esters (lactones) is 2. The molecule has 9 heavy (non-hydrogen) atoms. The zero-order valence-corrected chi connectivity index (χ0v) is 4.39. The molecule has 0 amide bonds. The summed E-state index contributed by atoms with van der Waals surface area (Å²) in [5.74, 6) is -1.66. The van der Waals surface area contributed by atoms with Crippen molar-refractivity contribution in [2.24, 2.45) is 0 Å². The molecule has 0 aromatic carbocycles. The molecule has 1 aliphatic heterocycles. The first-order valence-electron chi connectivity index (χ1n) is 2.26. The van der Waals surface area contributed by atoms with Gasteiger partial charge in [-0.3, -0.25) is 0 Å². The van der Waals surface area contributed by atoms with E-state index < -0.39 is 18.6 Å². The van der Waals surface area contributed by atoms with Gasteiger partial charge in [-0.15, -0.1) is 0 Å². The van der Waals surface area contributed by atoms with Crippen molar-refractivity contribution in [2.75, 3.05) is 6.67 Å². The molecule has 0 aromatic rings. The lowest BCUT2D eigenvalue weighted by Crippen LogP contribution is -2.02. The molecule has 48 valence electrons. The molecular formula is C5H3FO3. The van der Waals surface area contributed by atoms with E-state index in [9.17, 15) is 14.0 Å². The van der Waals surface area contributed by atoms with Gasteiger partial charge in [0.05, 0.1) is 5.57 Å². The summed E-state index contributed by atoms with van der Waals surface area (Å²) in [5.41, 5.74) is -0.208. The van der Waals surface area contributed by atoms with Crippen molar-refractivity contribution in [3.05, 3.63) is 11.6 Å². The zero-order valence-electron chi connectivity index (χ0n) is 4.39. The van der Waals surface area contributed by atoms with Gasteiger partial charge in [0.2, 0.25) is 0 Å². The molecule has 1 aliphatic rings. The molecule has 0 saturated heterocycles. The van der Waals surface area contributed by atoms with Crippen molar-refractivity contribution in [3.63, 3.8) is 0 Å². The van der Waals surface area contributed by atoms with Crippen LogP contribution in [0.3, 0.4) is 0 Å². The van der Waals surface area contributed by atoms with E-state index in [0.717, 1.165) is 6.08 Å².